The molecule has 3 aromatic rings. The number of benzene rings is 2. The van der Waals surface area contributed by atoms with Crippen molar-refractivity contribution in [2.75, 3.05) is 13.6 Å². The van der Waals surface area contributed by atoms with Crippen LogP contribution < -0.4 is 4.72 Å². The molecule has 0 aliphatic rings. The number of amides is 1. The smallest absolute Gasteiger partial charge is 0.254 e. The number of carbonyl (C=O) groups excluding carboxylic acids is 1. The van der Waals surface area contributed by atoms with Gasteiger partial charge in [-0.25, -0.2) is 13.1 Å². The zero-order valence-corrected chi connectivity index (χ0v) is 18.0. The molecule has 0 saturated heterocycles. The van der Waals surface area contributed by atoms with Crippen LogP contribution in [0.15, 0.2) is 51.8 Å². The predicted octanol–water partition coefficient (Wildman–Crippen LogP) is 3.87. The lowest BCUT2D eigenvalue weighted by atomic mass is 10.1. The summed E-state index contributed by atoms with van der Waals surface area (Å²) in [5.41, 5.74) is 2.88. The molecular formula is C22H26N2O4S. The standard InChI is InChI=1S/C22H26N2O4S/c1-5-20-19(17-9-7-8-10-21(17)28-20)14-24(4)22(25)18-13-16(12-11-15(18)3)29(26,27)23-6-2/h7-13,23H,5-6,14H2,1-4H3. The maximum Gasteiger partial charge on any atom is 0.254 e. The van der Waals surface area contributed by atoms with Gasteiger partial charge in [-0.1, -0.05) is 38.1 Å². The number of aryl methyl sites for hydroxylation is 2. The van der Waals surface area contributed by atoms with Crippen molar-refractivity contribution in [2.24, 2.45) is 0 Å². The maximum absolute atomic E-state index is 13.1. The highest BCUT2D eigenvalue weighted by atomic mass is 32.2. The zero-order chi connectivity index (χ0) is 21.2. The lowest BCUT2D eigenvalue weighted by Gasteiger charge is -2.19. The van der Waals surface area contributed by atoms with E-state index in [0.29, 0.717) is 12.1 Å². The number of rotatable bonds is 7. The van der Waals surface area contributed by atoms with E-state index in [-0.39, 0.29) is 17.3 Å². The lowest BCUT2D eigenvalue weighted by molar-refractivity contribution is 0.0784. The van der Waals surface area contributed by atoms with Crippen molar-refractivity contribution >= 4 is 26.9 Å². The second-order valence-electron chi connectivity index (χ2n) is 6.99. The van der Waals surface area contributed by atoms with Gasteiger partial charge >= 0.3 is 0 Å². The van der Waals surface area contributed by atoms with E-state index in [9.17, 15) is 13.2 Å². The molecular weight excluding hydrogens is 388 g/mol. The van der Waals surface area contributed by atoms with Crippen LogP contribution in [0.4, 0.5) is 0 Å². The van der Waals surface area contributed by atoms with Gasteiger partial charge in [-0.2, -0.15) is 0 Å². The minimum atomic E-state index is -3.63. The van der Waals surface area contributed by atoms with Gasteiger partial charge in [0, 0.05) is 43.1 Å². The van der Waals surface area contributed by atoms with Crippen LogP contribution in [-0.4, -0.2) is 32.8 Å². The molecule has 0 radical (unpaired) electrons. The SMILES string of the molecule is CCNS(=O)(=O)c1ccc(C)c(C(=O)N(C)Cc2c(CC)oc3ccccc23)c1. The summed E-state index contributed by atoms with van der Waals surface area (Å²) in [4.78, 5) is 14.8. The Kier molecular flexibility index (Phi) is 6.10. The van der Waals surface area contributed by atoms with Crippen molar-refractivity contribution in [3.8, 4) is 0 Å². The summed E-state index contributed by atoms with van der Waals surface area (Å²) in [5.74, 6) is 0.620. The first-order chi connectivity index (χ1) is 13.8. The van der Waals surface area contributed by atoms with E-state index in [0.717, 1.165) is 34.3 Å². The highest BCUT2D eigenvalue weighted by molar-refractivity contribution is 7.89. The molecule has 0 unspecified atom stereocenters. The summed E-state index contributed by atoms with van der Waals surface area (Å²) in [6.45, 7) is 6.19. The Morgan fingerprint density at radius 2 is 1.86 bits per heavy atom. The Labute approximate surface area is 171 Å². The average molecular weight is 415 g/mol. The fourth-order valence-electron chi connectivity index (χ4n) is 3.40. The van der Waals surface area contributed by atoms with Crippen LogP contribution in [0, 0.1) is 6.92 Å². The van der Waals surface area contributed by atoms with Crippen LogP contribution in [0.5, 0.6) is 0 Å². The molecule has 1 N–H and O–H groups in total. The quantitative estimate of drug-likeness (QED) is 0.636. The fourth-order valence-corrected chi connectivity index (χ4v) is 4.46. The molecule has 0 spiro atoms. The Morgan fingerprint density at radius 3 is 2.55 bits per heavy atom. The van der Waals surface area contributed by atoms with Gasteiger partial charge in [0.25, 0.3) is 5.91 Å². The van der Waals surface area contributed by atoms with E-state index >= 15 is 0 Å². The van der Waals surface area contributed by atoms with E-state index < -0.39 is 10.0 Å². The summed E-state index contributed by atoms with van der Waals surface area (Å²) in [6.07, 6.45) is 0.724. The third-order valence-corrected chi connectivity index (χ3v) is 6.47. The second-order valence-corrected chi connectivity index (χ2v) is 8.76. The monoisotopic (exact) mass is 414 g/mol. The molecule has 0 aliphatic heterocycles. The average Bonchev–Trinajstić information content (AvgIpc) is 3.05. The molecule has 7 heteroatoms. The molecule has 154 valence electrons. The third kappa shape index (κ3) is 4.21. The molecule has 0 saturated carbocycles. The minimum absolute atomic E-state index is 0.0877. The van der Waals surface area contributed by atoms with Gasteiger partial charge in [-0.15, -0.1) is 0 Å². The summed E-state index contributed by atoms with van der Waals surface area (Å²) in [7, 11) is -1.92. The number of nitrogens with one attached hydrogen (secondary N) is 1. The normalized spacial score (nSPS) is 11.7. The van der Waals surface area contributed by atoms with Crippen LogP contribution in [-0.2, 0) is 23.0 Å². The number of fused-ring (bicyclic) bond motifs is 1. The Morgan fingerprint density at radius 1 is 1.14 bits per heavy atom. The summed E-state index contributed by atoms with van der Waals surface area (Å²) >= 11 is 0. The van der Waals surface area contributed by atoms with Gasteiger partial charge in [0.15, 0.2) is 0 Å². The molecule has 1 aromatic heterocycles. The van der Waals surface area contributed by atoms with Crippen molar-refractivity contribution in [2.45, 2.75) is 38.6 Å². The maximum atomic E-state index is 13.1. The van der Waals surface area contributed by atoms with Gasteiger partial charge in [-0.05, 0) is 30.7 Å². The molecule has 0 aliphatic carbocycles. The molecule has 3 rings (SSSR count). The zero-order valence-electron chi connectivity index (χ0n) is 17.2. The Hall–Kier alpha value is -2.64. The van der Waals surface area contributed by atoms with Crippen molar-refractivity contribution in [1.29, 1.82) is 0 Å². The van der Waals surface area contributed by atoms with E-state index in [4.69, 9.17) is 4.42 Å². The predicted molar refractivity (Wildman–Crippen MR) is 113 cm³/mol. The Bertz CT molecular complexity index is 1150. The van der Waals surface area contributed by atoms with Gasteiger partial charge in [0.05, 0.1) is 4.90 Å². The van der Waals surface area contributed by atoms with Crippen molar-refractivity contribution in [3.05, 3.63) is 64.9 Å². The number of furan rings is 1. The Balaban J connectivity index is 1.94. The van der Waals surface area contributed by atoms with E-state index in [1.165, 1.54) is 12.1 Å². The van der Waals surface area contributed by atoms with Crippen LogP contribution in [0.1, 0.15) is 41.1 Å². The lowest BCUT2D eigenvalue weighted by Crippen LogP contribution is -2.28. The first-order valence-corrected chi connectivity index (χ1v) is 11.1. The van der Waals surface area contributed by atoms with E-state index in [1.807, 2.05) is 31.2 Å². The summed E-state index contributed by atoms with van der Waals surface area (Å²) < 4.78 is 33.0. The van der Waals surface area contributed by atoms with E-state index in [1.54, 1.807) is 31.9 Å². The number of nitrogens with zero attached hydrogens (tertiary/aromatic N) is 1. The highest BCUT2D eigenvalue weighted by Crippen LogP contribution is 2.28. The number of sulfonamides is 1. The second kappa shape index (κ2) is 8.39. The molecule has 2 aromatic carbocycles. The molecule has 1 heterocycles. The van der Waals surface area contributed by atoms with Crippen LogP contribution in [0.25, 0.3) is 11.0 Å². The van der Waals surface area contributed by atoms with Crippen molar-refractivity contribution in [3.63, 3.8) is 0 Å². The molecule has 1 amide bonds. The molecule has 29 heavy (non-hydrogen) atoms. The van der Waals surface area contributed by atoms with Gasteiger partial charge < -0.3 is 9.32 Å². The summed E-state index contributed by atoms with van der Waals surface area (Å²) in [6, 6.07) is 12.4. The van der Waals surface area contributed by atoms with Gasteiger partial charge in [0.2, 0.25) is 10.0 Å². The number of hydrogen-bond acceptors (Lipinski definition) is 4. The number of carbonyl (C=O) groups is 1. The largest absolute Gasteiger partial charge is 0.461 e. The summed E-state index contributed by atoms with van der Waals surface area (Å²) in [5, 5.41) is 0.990. The van der Waals surface area contributed by atoms with Gasteiger partial charge in [0.1, 0.15) is 11.3 Å². The number of para-hydroxylation sites is 1. The van der Waals surface area contributed by atoms with Crippen LogP contribution >= 0.6 is 0 Å². The van der Waals surface area contributed by atoms with Crippen LogP contribution in [0.3, 0.4) is 0 Å². The topological polar surface area (TPSA) is 79.6 Å². The first-order valence-electron chi connectivity index (χ1n) is 9.63. The van der Waals surface area contributed by atoms with Gasteiger partial charge in [-0.3, -0.25) is 4.79 Å². The first kappa shape index (κ1) is 21.1. The van der Waals surface area contributed by atoms with E-state index in [2.05, 4.69) is 4.72 Å². The molecule has 0 fully saturated rings. The fraction of sp³-hybridized carbons (Fsp3) is 0.318. The van der Waals surface area contributed by atoms with Crippen molar-refractivity contribution < 1.29 is 17.6 Å². The highest BCUT2D eigenvalue weighted by Gasteiger charge is 2.22. The number of hydrogen-bond donors (Lipinski definition) is 1. The van der Waals surface area contributed by atoms with Crippen molar-refractivity contribution in [1.82, 2.24) is 9.62 Å². The third-order valence-electron chi connectivity index (χ3n) is 4.93. The van der Waals surface area contributed by atoms with Crippen LogP contribution in [0.2, 0.25) is 0 Å². The molecule has 0 atom stereocenters. The minimum Gasteiger partial charge on any atom is -0.461 e. The molecule has 6 nitrogen and oxygen atoms in total. The molecule has 0 bridgehead atoms.